The quantitative estimate of drug-likeness (QED) is 0.396. The molecule has 1 fully saturated rings. The molecule has 1 saturated heterocycles. The van der Waals surface area contributed by atoms with Crippen LogP contribution in [-0.2, 0) is 4.79 Å². The molecule has 4 rings (SSSR count). The molecule has 1 amide bonds. The van der Waals surface area contributed by atoms with Gasteiger partial charge in [0.25, 0.3) is 0 Å². The molecule has 3 aromatic rings. The monoisotopic (exact) mass is 443 g/mol. The Kier molecular flexibility index (Phi) is 6.66. The molecule has 0 unspecified atom stereocenters. The largest absolute Gasteiger partial charge is 0.494 e. The molecule has 0 atom stereocenters. The van der Waals surface area contributed by atoms with E-state index in [1.807, 2.05) is 29.2 Å². The third kappa shape index (κ3) is 4.48. The Morgan fingerprint density at radius 1 is 1.13 bits per heavy atom. The van der Waals surface area contributed by atoms with Crippen molar-refractivity contribution >= 4 is 23.8 Å². The summed E-state index contributed by atoms with van der Waals surface area (Å²) in [6, 6.07) is 9.14. The fraction of sp³-hybridized carbons (Fsp3) is 0.381. The van der Waals surface area contributed by atoms with Crippen molar-refractivity contribution < 1.29 is 18.7 Å². The topological polar surface area (TPSA) is 94.7 Å². The highest BCUT2D eigenvalue weighted by atomic mass is 32.2. The van der Waals surface area contributed by atoms with E-state index in [1.165, 1.54) is 11.9 Å². The first kappa shape index (κ1) is 21.1. The van der Waals surface area contributed by atoms with E-state index in [0.29, 0.717) is 46.9 Å². The average molecular weight is 444 g/mol. The molecule has 0 saturated carbocycles. The summed E-state index contributed by atoms with van der Waals surface area (Å²) in [4.78, 5) is 14.2. The van der Waals surface area contributed by atoms with Crippen molar-refractivity contribution in [3.63, 3.8) is 0 Å². The first-order chi connectivity index (χ1) is 15.2. The van der Waals surface area contributed by atoms with Gasteiger partial charge >= 0.3 is 0 Å². The predicted octanol–water partition coefficient (Wildman–Crippen LogP) is 3.62. The van der Waals surface area contributed by atoms with Gasteiger partial charge in [-0.25, -0.2) is 0 Å². The minimum atomic E-state index is 0.191. The summed E-state index contributed by atoms with van der Waals surface area (Å²) in [5, 5.41) is 8.63. The van der Waals surface area contributed by atoms with Crippen molar-refractivity contribution in [3.8, 4) is 28.8 Å². The Morgan fingerprint density at radius 2 is 1.87 bits per heavy atom. The average Bonchev–Trinajstić information content (AvgIpc) is 3.57. The lowest BCUT2D eigenvalue weighted by Crippen LogP contribution is -2.27. The molecule has 0 radical (unpaired) electrons. The minimum Gasteiger partial charge on any atom is -0.494 e. The molecule has 1 aromatic carbocycles. The van der Waals surface area contributed by atoms with Crippen molar-refractivity contribution in [2.45, 2.75) is 19.3 Å². The summed E-state index contributed by atoms with van der Waals surface area (Å²) in [7, 11) is 3.20. The van der Waals surface area contributed by atoms with E-state index in [0.717, 1.165) is 25.9 Å². The lowest BCUT2D eigenvalue weighted by molar-refractivity contribution is -0.129. The smallest absolute Gasteiger partial charge is 0.239 e. The standard InChI is InChI=1S/C21H25N5O4S/c1-28-15-7-5-8-16(29-2)19(15)26-20(17-9-6-13-30-17)22-23-21(26)24-31-14-10-18(27)25-11-3-4-12-25/h5-9,13H,3-4,10-12,14H2,1-2H3,(H,23,24). The lowest BCUT2D eigenvalue weighted by Gasteiger charge is -2.17. The first-order valence-corrected chi connectivity index (χ1v) is 11.1. The van der Waals surface area contributed by atoms with E-state index in [4.69, 9.17) is 13.9 Å². The Bertz CT molecular complexity index is 993. The molecular formula is C21H25N5O4S. The number of furan rings is 1. The normalized spacial score (nSPS) is 13.4. The highest BCUT2D eigenvalue weighted by Crippen LogP contribution is 2.38. The van der Waals surface area contributed by atoms with Gasteiger partial charge in [0.1, 0.15) is 17.2 Å². The van der Waals surface area contributed by atoms with Crippen LogP contribution >= 0.6 is 11.9 Å². The van der Waals surface area contributed by atoms with Gasteiger partial charge in [-0.05, 0) is 49.1 Å². The number of nitrogens with one attached hydrogen (secondary N) is 1. The van der Waals surface area contributed by atoms with Gasteiger partial charge in [-0.1, -0.05) is 6.07 Å². The second-order valence-electron chi connectivity index (χ2n) is 6.96. The van der Waals surface area contributed by atoms with Crippen LogP contribution in [0.25, 0.3) is 17.3 Å². The first-order valence-electron chi connectivity index (χ1n) is 10.1. The molecule has 0 spiro atoms. The number of ether oxygens (including phenoxy) is 2. The Morgan fingerprint density at radius 3 is 2.52 bits per heavy atom. The van der Waals surface area contributed by atoms with Gasteiger partial charge in [0.15, 0.2) is 5.76 Å². The number of methoxy groups -OCH3 is 2. The molecule has 164 valence electrons. The highest BCUT2D eigenvalue weighted by Gasteiger charge is 2.24. The van der Waals surface area contributed by atoms with Crippen molar-refractivity contribution in [2.75, 3.05) is 37.8 Å². The number of benzene rings is 1. The number of amides is 1. The number of aromatic nitrogens is 3. The maximum Gasteiger partial charge on any atom is 0.239 e. The van der Waals surface area contributed by atoms with Gasteiger partial charge < -0.3 is 18.8 Å². The molecule has 1 aliphatic rings. The van der Waals surface area contributed by atoms with E-state index >= 15 is 0 Å². The van der Waals surface area contributed by atoms with Crippen LogP contribution in [0.2, 0.25) is 0 Å². The lowest BCUT2D eigenvalue weighted by atomic mass is 10.2. The second-order valence-corrected chi connectivity index (χ2v) is 7.86. The molecule has 3 heterocycles. The Balaban J connectivity index is 1.59. The van der Waals surface area contributed by atoms with Gasteiger partial charge in [-0.3, -0.25) is 14.1 Å². The molecular weight excluding hydrogens is 418 g/mol. The van der Waals surface area contributed by atoms with E-state index in [-0.39, 0.29) is 5.91 Å². The van der Waals surface area contributed by atoms with Crippen LogP contribution < -0.4 is 14.2 Å². The fourth-order valence-corrected chi connectivity index (χ4v) is 4.20. The van der Waals surface area contributed by atoms with Gasteiger partial charge in [0.2, 0.25) is 17.7 Å². The maximum atomic E-state index is 12.3. The fourth-order valence-electron chi connectivity index (χ4n) is 3.56. The van der Waals surface area contributed by atoms with Crippen molar-refractivity contribution in [1.29, 1.82) is 0 Å². The number of rotatable bonds is 9. The van der Waals surface area contributed by atoms with Crippen molar-refractivity contribution in [3.05, 3.63) is 36.6 Å². The molecule has 2 aromatic heterocycles. The molecule has 0 aliphatic carbocycles. The van der Waals surface area contributed by atoms with Crippen LogP contribution in [0.1, 0.15) is 19.3 Å². The summed E-state index contributed by atoms with van der Waals surface area (Å²) in [5.41, 5.74) is 0.653. The summed E-state index contributed by atoms with van der Waals surface area (Å²) >= 11 is 1.41. The van der Waals surface area contributed by atoms with E-state index < -0.39 is 0 Å². The zero-order valence-corrected chi connectivity index (χ0v) is 18.4. The number of likely N-dealkylation sites (tertiary alicyclic amines) is 1. The highest BCUT2D eigenvalue weighted by molar-refractivity contribution is 8.00. The van der Waals surface area contributed by atoms with Gasteiger partial charge in [0.05, 0.1) is 20.5 Å². The number of anilines is 1. The Hall–Kier alpha value is -3.14. The number of hydrogen-bond donors (Lipinski definition) is 1. The molecule has 1 N–H and O–H groups in total. The summed E-state index contributed by atoms with van der Waals surface area (Å²) < 4.78 is 21.8. The number of para-hydroxylation sites is 1. The van der Waals surface area contributed by atoms with Crippen LogP contribution in [-0.4, -0.2) is 58.6 Å². The molecule has 1 aliphatic heterocycles. The van der Waals surface area contributed by atoms with E-state index in [2.05, 4.69) is 14.9 Å². The van der Waals surface area contributed by atoms with Gasteiger partial charge in [-0.15, -0.1) is 10.2 Å². The minimum absolute atomic E-state index is 0.191. The summed E-state index contributed by atoms with van der Waals surface area (Å²) in [5.74, 6) is 3.55. The number of carbonyl (C=O) groups is 1. The van der Waals surface area contributed by atoms with Crippen LogP contribution in [0.5, 0.6) is 11.5 Å². The van der Waals surface area contributed by atoms with E-state index in [9.17, 15) is 4.79 Å². The van der Waals surface area contributed by atoms with Gasteiger partial charge in [-0.2, -0.15) is 0 Å². The van der Waals surface area contributed by atoms with Crippen molar-refractivity contribution in [1.82, 2.24) is 19.7 Å². The van der Waals surface area contributed by atoms with Crippen LogP contribution in [0.15, 0.2) is 41.0 Å². The molecule has 31 heavy (non-hydrogen) atoms. The zero-order valence-electron chi connectivity index (χ0n) is 17.5. The Labute approximate surface area is 184 Å². The molecule has 10 heteroatoms. The number of carbonyl (C=O) groups excluding carboxylic acids is 1. The maximum absolute atomic E-state index is 12.3. The van der Waals surface area contributed by atoms with Crippen molar-refractivity contribution in [2.24, 2.45) is 0 Å². The van der Waals surface area contributed by atoms with Crippen LogP contribution in [0, 0.1) is 0 Å². The predicted molar refractivity (Wildman–Crippen MR) is 119 cm³/mol. The van der Waals surface area contributed by atoms with Crippen LogP contribution in [0.4, 0.5) is 5.95 Å². The summed E-state index contributed by atoms with van der Waals surface area (Å²) in [6.45, 7) is 1.73. The zero-order chi connectivity index (χ0) is 21.6. The third-order valence-electron chi connectivity index (χ3n) is 5.07. The third-order valence-corrected chi connectivity index (χ3v) is 5.81. The van der Waals surface area contributed by atoms with E-state index in [1.54, 1.807) is 31.1 Å². The SMILES string of the molecule is COc1cccc(OC)c1-n1c(NSCCC(=O)N2CCCC2)nnc1-c1ccco1. The molecule has 0 bridgehead atoms. The summed E-state index contributed by atoms with van der Waals surface area (Å²) in [6.07, 6.45) is 4.24. The van der Waals surface area contributed by atoms with Gasteiger partial charge in [0, 0.05) is 25.3 Å². The number of nitrogens with zero attached hydrogens (tertiary/aromatic N) is 4. The number of hydrogen-bond acceptors (Lipinski definition) is 8. The van der Waals surface area contributed by atoms with Crippen LogP contribution in [0.3, 0.4) is 0 Å². The molecule has 9 nitrogen and oxygen atoms in total. The second kappa shape index (κ2) is 9.78.